The third-order valence-electron chi connectivity index (χ3n) is 8.42. The van der Waals surface area contributed by atoms with Crippen LogP contribution in [0, 0.1) is 12.8 Å². The van der Waals surface area contributed by atoms with Crippen molar-refractivity contribution in [3.05, 3.63) is 89.5 Å². The van der Waals surface area contributed by atoms with E-state index in [1.165, 1.54) is 11.6 Å². The molecule has 0 aliphatic carbocycles. The number of aliphatic hydroxyl groups excluding tert-OH is 1. The molecule has 0 unspecified atom stereocenters. The number of anilines is 1. The van der Waals surface area contributed by atoms with Gasteiger partial charge in [-0.1, -0.05) is 55.0 Å². The molecule has 9 nitrogen and oxygen atoms in total. The molecular formula is C36H49N3O6S. The van der Waals surface area contributed by atoms with Crippen molar-refractivity contribution in [1.82, 2.24) is 9.80 Å². The SMILES string of the molecule is Cc1ccc(S(=O)(=O)Nc2ccc3c(c2)C(=O)N([C@@H](C)CO)C[C@H](C)[C@@H](CN(C)Cc2ccccc2)OCCCC[C@@H](C)O3)cc1. The summed E-state index contributed by atoms with van der Waals surface area (Å²) in [4.78, 5) is 18.4. The molecule has 10 heteroatoms. The number of rotatable bonds is 9. The van der Waals surface area contributed by atoms with Gasteiger partial charge in [0.15, 0.2) is 0 Å². The molecule has 2 N–H and O–H groups in total. The van der Waals surface area contributed by atoms with Gasteiger partial charge in [-0.05, 0) is 83.0 Å². The highest BCUT2D eigenvalue weighted by atomic mass is 32.2. The molecule has 0 fully saturated rings. The lowest BCUT2D eigenvalue weighted by atomic mass is 10.0. The summed E-state index contributed by atoms with van der Waals surface area (Å²) in [5.41, 5.74) is 2.64. The van der Waals surface area contributed by atoms with Crippen LogP contribution in [0.5, 0.6) is 5.75 Å². The van der Waals surface area contributed by atoms with Gasteiger partial charge in [0, 0.05) is 37.8 Å². The lowest BCUT2D eigenvalue weighted by Gasteiger charge is -2.36. The van der Waals surface area contributed by atoms with Crippen LogP contribution in [0.1, 0.15) is 61.5 Å². The van der Waals surface area contributed by atoms with Gasteiger partial charge >= 0.3 is 0 Å². The normalized spacial score (nSPS) is 20.8. The topological polar surface area (TPSA) is 108 Å². The Morgan fingerprint density at radius 3 is 2.46 bits per heavy atom. The van der Waals surface area contributed by atoms with Crippen LogP contribution >= 0.6 is 0 Å². The maximum atomic E-state index is 14.4. The Labute approximate surface area is 274 Å². The molecule has 0 spiro atoms. The Hall–Kier alpha value is -3.44. The number of carbonyl (C=O) groups excluding carboxylic acids is 1. The van der Waals surface area contributed by atoms with E-state index in [0.717, 1.165) is 31.4 Å². The summed E-state index contributed by atoms with van der Waals surface area (Å²) < 4.78 is 41.8. The fraction of sp³-hybridized carbons (Fsp3) is 0.472. The van der Waals surface area contributed by atoms with E-state index in [9.17, 15) is 18.3 Å². The Bertz CT molecular complexity index is 1520. The Balaban J connectivity index is 1.64. The second-order valence-electron chi connectivity index (χ2n) is 12.6. The quantitative estimate of drug-likeness (QED) is 0.305. The number of benzene rings is 3. The number of aliphatic hydroxyl groups is 1. The van der Waals surface area contributed by atoms with Gasteiger partial charge in [-0.3, -0.25) is 14.4 Å². The highest BCUT2D eigenvalue weighted by Gasteiger charge is 2.30. The molecular weight excluding hydrogens is 602 g/mol. The van der Waals surface area contributed by atoms with E-state index in [1.54, 1.807) is 48.2 Å². The number of fused-ring (bicyclic) bond motifs is 1. The van der Waals surface area contributed by atoms with Crippen LogP contribution < -0.4 is 9.46 Å². The summed E-state index contributed by atoms with van der Waals surface area (Å²) in [7, 11) is -1.82. The largest absolute Gasteiger partial charge is 0.490 e. The molecule has 1 amide bonds. The maximum Gasteiger partial charge on any atom is 0.261 e. The molecule has 4 atom stereocenters. The smallest absolute Gasteiger partial charge is 0.261 e. The third-order valence-corrected chi connectivity index (χ3v) is 9.82. The lowest BCUT2D eigenvalue weighted by molar-refractivity contribution is -0.0177. The van der Waals surface area contributed by atoms with Gasteiger partial charge in [-0.15, -0.1) is 0 Å². The molecule has 0 saturated heterocycles. The molecule has 0 radical (unpaired) electrons. The Morgan fingerprint density at radius 2 is 1.76 bits per heavy atom. The van der Waals surface area contributed by atoms with E-state index < -0.39 is 16.1 Å². The third kappa shape index (κ3) is 9.78. The van der Waals surface area contributed by atoms with Crippen molar-refractivity contribution in [2.75, 3.05) is 38.1 Å². The standard InChI is InChI=1S/C36H49N3O6S/c1-26-14-17-32(18-15-26)46(42,43)37-31-16-19-34-33(21-31)36(41)39(28(3)25-40)22-27(2)35(44-20-10-9-11-29(4)45-34)24-38(5)23-30-12-7-6-8-13-30/h6-8,12-19,21,27-29,35,37,40H,9-11,20,22-25H2,1-5H3/t27-,28-,29+,35+/m0/s1. The molecule has 0 bridgehead atoms. The summed E-state index contributed by atoms with van der Waals surface area (Å²) in [5, 5.41) is 10.2. The average molecular weight is 652 g/mol. The number of carbonyl (C=O) groups is 1. The highest BCUT2D eigenvalue weighted by molar-refractivity contribution is 7.92. The van der Waals surface area contributed by atoms with Gasteiger partial charge in [0.05, 0.1) is 35.3 Å². The van der Waals surface area contributed by atoms with E-state index in [4.69, 9.17) is 9.47 Å². The van der Waals surface area contributed by atoms with E-state index in [0.29, 0.717) is 25.4 Å². The average Bonchev–Trinajstić information content (AvgIpc) is 3.03. The van der Waals surface area contributed by atoms with Gasteiger partial charge in [0.25, 0.3) is 15.9 Å². The summed E-state index contributed by atoms with van der Waals surface area (Å²) in [6.07, 6.45) is 2.21. The summed E-state index contributed by atoms with van der Waals surface area (Å²) >= 11 is 0. The Morgan fingerprint density at radius 1 is 1.04 bits per heavy atom. The summed E-state index contributed by atoms with van der Waals surface area (Å²) in [6, 6.07) is 21.2. The first kappa shape index (κ1) is 35.4. The van der Waals surface area contributed by atoms with Crippen molar-refractivity contribution < 1.29 is 27.8 Å². The van der Waals surface area contributed by atoms with Crippen LogP contribution in [-0.4, -0.2) is 80.8 Å². The summed E-state index contributed by atoms with van der Waals surface area (Å²) in [5.74, 6) is -0.0305. The van der Waals surface area contributed by atoms with Crippen molar-refractivity contribution in [1.29, 1.82) is 0 Å². The highest BCUT2D eigenvalue weighted by Crippen LogP contribution is 2.29. The van der Waals surface area contributed by atoms with Crippen molar-refractivity contribution >= 4 is 21.6 Å². The zero-order valence-corrected chi connectivity index (χ0v) is 28.5. The second-order valence-corrected chi connectivity index (χ2v) is 14.3. The maximum absolute atomic E-state index is 14.4. The predicted octanol–water partition coefficient (Wildman–Crippen LogP) is 5.72. The number of hydrogen-bond acceptors (Lipinski definition) is 7. The molecule has 46 heavy (non-hydrogen) atoms. The zero-order chi connectivity index (χ0) is 33.3. The van der Waals surface area contributed by atoms with Crippen LogP contribution in [0.4, 0.5) is 5.69 Å². The molecule has 250 valence electrons. The first-order chi connectivity index (χ1) is 22.0. The molecule has 3 aromatic carbocycles. The van der Waals surface area contributed by atoms with Gasteiger partial charge in [0.2, 0.25) is 0 Å². The second kappa shape index (κ2) is 16.4. The van der Waals surface area contributed by atoms with Crippen molar-refractivity contribution in [2.24, 2.45) is 5.92 Å². The Kier molecular flexibility index (Phi) is 12.6. The molecule has 0 saturated carbocycles. The molecule has 3 aromatic rings. The van der Waals surface area contributed by atoms with Crippen LogP contribution in [0.3, 0.4) is 0 Å². The summed E-state index contributed by atoms with van der Waals surface area (Å²) in [6.45, 7) is 9.88. The number of aryl methyl sites for hydroxylation is 1. The van der Waals surface area contributed by atoms with Crippen LogP contribution in [-0.2, 0) is 21.3 Å². The molecule has 1 aliphatic heterocycles. The van der Waals surface area contributed by atoms with Crippen molar-refractivity contribution in [3.8, 4) is 5.75 Å². The first-order valence-corrected chi connectivity index (χ1v) is 17.6. The minimum absolute atomic E-state index is 0.0642. The predicted molar refractivity (Wildman–Crippen MR) is 182 cm³/mol. The van der Waals surface area contributed by atoms with Crippen LogP contribution in [0.25, 0.3) is 0 Å². The van der Waals surface area contributed by atoms with Crippen LogP contribution in [0.2, 0.25) is 0 Å². The van der Waals surface area contributed by atoms with Gasteiger partial charge in [-0.2, -0.15) is 0 Å². The van der Waals surface area contributed by atoms with E-state index in [-0.39, 0.29) is 46.8 Å². The van der Waals surface area contributed by atoms with Gasteiger partial charge in [-0.25, -0.2) is 8.42 Å². The molecule has 0 aromatic heterocycles. The van der Waals surface area contributed by atoms with Gasteiger partial charge < -0.3 is 19.5 Å². The fourth-order valence-electron chi connectivity index (χ4n) is 5.65. The number of likely N-dealkylation sites (N-methyl/N-ethyl adjacent to an activating group) is 1. The number of hydrogen-bond donors (Lipinski definition) is 2. The van der Waals surface area contributed by atoms with E-state index in [1.807, 2.05) is 32.0 Å². The number of sulfonamides is 1. The number of ether oxygens (including phenoxy) is 2. The molecule has 4 rings (SSSR count). The first-order valence-electron chi connectivity index (χ1n) is 16.1. The molecule has 1 heterocycles. The fourth-order valence-corrected chi connectivity index (χ4v) is 6.70. The molecule has 1 aliphatic rings. The van der Waals surface area contributed by atoms with Crippen LogP contribution in [0.15, 0.2) is 77.7 Å². The lowest BCUT2D eigenvalue weighted by Crippen LogP contribution is -2.47. The van der Waals surface area contributed by atoms with E-state index in [2.05, 4.69) is 35.7 Å². The minimum Gasteiger partial charge on any atom is -0.490 e. The van der Waals surface area contributed by atoms with E-state index >= 15 is 0 Å². The number of nitrogens with one attached hydrogen (secondary N) is 1. The van der Waals surface area contributed by atoms with Gasteiger partial charge in [0.1, 0.15) is 5.75 Å². The number of amides is 1. The number of nitrogens with zero attached hydrogens (tertiary/aromatic N) is 2. The zero-order valence-electron chi connectivity index (χ0n) is 27.7. The minimum atomic E-state index is -3.90. The monoisotopic (exact) mass is 651 g/mol. The van der Waals surface area contributed by atoms with Crippen molar-refractivity contribution in [3.63, 3.8) is 0 Å². The van der Waals surface area contributed by atoms with Crippen molar-refractivity contribution in [2.45, 2.75) is 76.6 Å².